The van der Waals surface area contributed by atoms with E-state index in [9.17, 15) is 0 Å². The lowest BCUT2D eigenvalue weighted by Gasteiger charge is -2.33. The van der Waals surface area contributed by atoms with E-state index in [1.165, 1.54) is 43.5 Å². The van der Waals surface area contributed by atoms with Crippen molar-refractivity contribution < 1.29 is 0 Å². The van der Waals surface area contributed by atoms with Gasteiger partial charge in [0.2, 0.25) is 0 Å². The van der Waals surface area contributed by atoms with Gasteiger partial charge in [-0.3, -0.25) is 0 Å². The fourth-order valence-corrected chi connectivity index (χ4v) is 4.42. The Hall–Kier alpha value is -3.00. The topological polar surface area (TPSA) is 27.8 Å². The first-order valence-electron chi connectivity index (χ1n) is 8.47. The number of hydrogen-bond donors (Lipinski definition) is 2. The molecule has 0 spiro atoms. The zero-order chi connectivity index (χ0) is 15.7. The van der Waals surface area contributed by atoms with Crippen molar-refractivity contribution in [1.82, 2.24) is 4.98 Å². The van der Waals surface area contributed by atoms with E-state index >= 15 is 0 Å². The van der Waals surface area contributed by atoms with Gasteiger partial charge in [0.15, 0.2) is 0 Å². The second kappa shape index (κ2) is 4.30. The predicted octanol–water partition coefficient (Wildman–Crippen LogP) is 3.47. The van der Waals surface area contributed by atoms with Gasteiger partial charge in [-0.15, -0.1) is 0 Å². The van der Waals surface area contributed by atoms with E-state index in [-0.39, 0.29) is 0 Å². The van der Waals surface area contributed by atoms with E-state index < -0.39 is 0 Å². The van der Waals surface area contributed by atoms with E-state index in [1.54, 1.807) is 0 Å². The minimum Gasteiger partial charge on any atom is -0.377 e. The Bertz CT molecular complexity index is 1240. The first-order chi connectivity index (χ1) is 11.9. The molecule has 1 aliphatic carbocycles. The molecule has 114 valence electrons. The van der Waals surface area contributed by atoms with Crippen LogP contribution in [0.5, 0.6) is 0 Å². The highest BCUT2D eigenvalue weighted by atomic mass is 14.9. The maximum atomic E-state index is 3.74. The van der Waals surface area contributed by atoms with Crippen molar-refractivity contribution >= 4 is 39.5 Å². The Morgan fingerprint density at radius 2 is 1.67 bits per heavy atom. The van der Waals surface area contributed by atoms with Gasteiger partial charge >= 0.3 is 0 Å². The number of benzene rings is 3. The minimum absolute atomic E-state index is 0.297. The Morgan fingerprint density at radius 1 is 0.792 bits per heavy atom. The number of aromatic amines is 1. The molecule has 2 atom stereocenters. The SMILES string of the molecule is C1=c2[nH]c3ccccc3c2=CC2c3cccc4cccc(c34)NC12. The summed E-state index contributed by atoms with van der Waals surface area (Å²) in [6.07, 6.45) is 4.80. The van der Waals surface area contributed by atoms with Gasteiger partial charge in [-0.1, -0.05) is 54.6 Å². The molecule has 0 fully saturated rings. The largest absolute Gasteiger partial charge is 0.377 e. The maximum Gasteiger partial charge on any atom is 0.0571 e. The summed E-state index contributed by atoms with van der Waals surface area (Å²) in [5.74, 6) is 0.371. The molecule has 1 aromatic heterocycles. The second-order valence-electron chi connectivity index (χ2n) is 6.78. The third-order valence-corrected chi connectivity index (χ3v) is 5.47. The molecule has 2 nitrogen and oxygen atoms in total. The highest BCUT2D eigenvalue weighted by Crippen LogP contribution is 2.40. The molecular weight excluding hydrogens is 292 g/mol. The molecule has 0 amide bonds. The van der Waals surface area contributed by atoms with Gasteiger partial charge < -0.3 is 10.3 Å². The van der Waals surface area contributed by atoms with Crippen LogP contribution in [0.1, 0.15) is 11.5 Å². The minimum atomic E-state index is 0.297. The Morgan fingerprint density at radius 3 is 2.62 bits per heavy atom. The monoisotopic (exact) mass is 308 g/mol. The first kappa shape index (κ1) is 12.4. The van der Waals surface area contributed by atoms with Crippen LogP contribution in [0.4, 0.5) is 5.69 Å². The number of aromatic nitrogens is 1. The zero-order valence-corrected chi connectivity index (χ0v) is 13.1. The van der Waals surface area contributed by atoms with Gasteiger partial charge in [0.1, 0.15) is 0 Å². The molecule has 2 N–H and O–H groups in total. The van der Waals surface area contributed by atoms with Crippen LogP contribution in [0.15, 0.2) is 60.7 Å². The summed E-state index contributed by atoms with van der Waals surface area (Å²) in [6.45, 7) is 0. The molecule has 2 heteroatoms. The Labute approximate surface area is 139 Å². The molecule has 24 heavy (non-hydrogen) atoms. The predicted molar refractivity (Wildman–Crippen MR) is 101 cm³/mol. The highest BCUT2D eigenvalue weighted by Gasteiger charge is 2.29. The summed E-state index contributed by atoms with van der Waals surface area (Å²) in [4.78, 5) is 3.57. The smallest absolute Gasteiger partial charge is 0.0571 e. The van der Waals surface area contributed by atoms with Gasteiger partial charge in [-0.25, -0.2) is 0 Å². The van der Waals surface area contributed by atoms with E-state index in [0.717, 1.165) is 0 Å². The molecule has 0 bridgehead atoms. The molecule has 0 radical (unpaired) electrons. The number of rotatable bonds is 0. The molecule has 0 saturated heterocycles. The fourth-order valence-electron chi connectivity index (χ4n) is 4.42. The Kier molecular flexibility index (Phi) is 2.22. The summed E-state index contributed by atoms with van der Waals surface area (Å²) < 4.78 is 0. The lowest BCUT2D eigenvalue weighted by Crippen LogP contribution is -2.39. The van der Waals surface area contributed by atoms with Crippen LogP contribution in [0.3, 0.4) is 0 Å². The first-order valence-corrected chi connectivity index (χ1v) is 8.47. The van der Waals surface area contributed by atoms with Crippen LogP contribution in [-0.4, -0.2) is 11.0 Å². The summed E-state index contributed by atoms with van der Waals surface area (Å²) in [6, 6.07) is 22.1. The van der Waals surface area contributed by atoms with E-state index in [2.05, 4.69) is 83.1 Å². The van der Waals surface area contributed by atoms with Crippen LogP contribution in [0.2, 0.25) is 0 Å². The molecular formula is C22H16N2. The maximum absolute atomic E-state index is 3.74. The van der Waals surface area contributed by atoms with Gasteiger partial charge in [0.25, 0.3) is 0 Å². The number of para-hydroxylation sites is 1. The van der Waals surface area contributed by atoms with Crippen molar-refractivity contribution in [3.8, 4) is 0 Å². The van der Waals surface area contributed by atoms with Gasteiger partial charge in [0, 0.05) is 38.5 Å². The zero-order valence-electron chi connectivity index (χ0n) is 13.1. The van der Waals surface area contributed by atoms with Crippen LogP contribution in [0, 0.1) is 0 Å². The van der Waals surface area contributed by atoms with Crippen LogP contribution >= 0.6 is 0 Å². The molecule has 2 unspecified atom stereocenters. The second-order valence-corrected chi connectivity index (χ2v) is 6.78. The lowest BCUT2D eigenvalue weighted by molar-refractivity contribution is 0.809. The molecule has 1 aliphatic heterocycles. The normalized spacial score (nSPS) is 20.7. The molecule has 0 saturated carbocycles. The average molecular weight is 308 g/mol. The number of hydrogen-bond acceptors (Lipinski definition) is 1. The molecule has 2 aliphatic rings. The molecule has 6 rings (SSSR count). The third kappa shape index (κ3) is 1.50. The van der Waals surface area contributed by atoms with Crippen molar-refractivity contribution in [3.63, 3.8) is 0 Å². The van der Waals surface area contributed by atoms with E-state index in [0.29, 0.717) is 12.0 Å². The number of H-pyrrole nitrogens is 1. The van der Waals surface area contributed by atoms with Crippen molar-refractivity contribution in [2.45, 2.75) is 12.0 Å². The van der Waals surface area contributed by atoms with Crippen molar-refractivity contribution in [3.05, 3.63) is 76.8 Å². The Balaban J connectivity index is 1.71. The fraction of sp³-hybridized carbons (Fsp3) is 0.0909. The molecule has 3 aromatic carbocycles. The summed E-state index contributed by atoms with van der Waals surface area (Å²) in [5, 5.41) is 10.3. The van der Waals surface area contributed by atoms with Crippen LogP contribution < -0.4 is 15.9 Å². The number of anilines is 1. The van der Waals surface area contributed by atoms with Gasteiger partial charge in [-0.2, -0.15) is 0 Å². The summed E-state index contributed by atoms with van der Waals surface area (Å²) in [5.41, 5.74) is 3.89. The summed E-state index contributed by atoms with van der Waals surface area (Å²) in [7, 11) is 0. The standard InChI is InChI=1S/C22H16N2/c1-2-9-18-14(7-1)16-11-17-15-8-3-5-13-6-4-10-19(22(13)15)24-21(17)12-20(16)23-18/h1-12,17,21,23-24H. The van der Waals surface area contributed by atoms with E-state index in [1.807, 2.05) is 0 Å². The average Bonchev–Trinajstić information content (AvgIpc) is 2.98. The van der Waals surface area contributed by atoms with Gasteiger partial charge in [0.05, 0.1) is 6.04 Å². The van der Waals surface area contributed by atoms with Crippen molar-refractivity contribution in [2.75, 3.05) is 5.32 Å². The summed E-state index contributed by atoms with van der Waals surface area (Å²) >= 11 is 0. The van der Waals surface area contributed by atoms with Crippen LogP contribution in [-0.2, 0) is 0 Å². The molecule has 2 heterocycles. The quantitative estimate of drug-likeness (QED) is 0.511. The number of nitrogens with one attached hydrogen (secondary N) is 2. The van der Waals surface area contributed by atoms with Crippen LogP contribution in [0.25, 0.3) is 33.8 Å². The third-order valence-electron chi connectivity index (χ3n) is 5.47. The number of fused-ring (bicyclic) bond motifs is 5. The highest BCUT2D eigenvalue weighted by molar-refractivity contribution is 6.00. The van der Waals surface area contributed by atoms with E-state index in [4.69, 9.17) is 0 Å². The van der Waals surface area contributed by atoms with Crippen molar-refractivity contribution in [1.29, 1.82) is 0 Å². The lowest BCUT2D eigenvalue weighted by atomic mass is 9.81. The van der Waals surface area contributed by atoms with Gasteiger partial charge in [-0.05, 0) is 29.2 Å². The van der Waals surface area contributed by atoms with Crippen molar-refractivity contribution in [2.24, 2.45) is 0 Å². The molecule has 4 aromatic rings.